The largest absolute Gasteiger partial charge is 0.351 e. The van der Waals surface area contributed by atoms with Gasteiger partial charge in [0.05, 0.1) is 23.6 Å². The van der Waals surface area contributed by atoms with Crippen molar-refractivity contribution in [1.82, 2.24) is 15.3 Å². The van der Waals surface area contributed by atoms with E-state index >= 15 is 0 Å². The Balaban J connectivity index is 2.29. The molecule has 1 aromatic carbocycles. The van der Waals surface area contributed by atoms with Crippen molar-refractivity contribution in [2.75, 3.05) is 6.54 Å². The number of carbonyl (C=O) groups is 1. The van der Waals surface area contributed by atoms with E-state index in [4.69, 9.17) is 5.26 Å². The minimum atomic E-state index is -0.230. The van der Waals surface area contributed by atoms with Crippen molar-refractivity contribution in [2.24, 2.45) is 0 Å². The second-order valence-corrected chi connectivity index (χ2v) is 3.39. The Morgan fingerprint density at radius 2 is 2.18 bits per heavy atom. The fraction of sp³-hybridized carbons (Fsp3) is 0.167. The molecule has 0 fully saturated rings. The predicted octanol–water partition coefficient (Wildman–Crippen LogP) is 1.27. The van der Waals surface area contributed by atoms with Gasteiger partial charge in [-0.1, -0.05) is 6.07 Å². The quantitative estimate of drug-likeness (QED) is 0.799. The van der Waals surface area contributed by atoms with Crippen molar-refractivity contribution < 1.29 is 4.79 Å². The molecule has 0 aliphatic carbocycles. The summed E-state index contributed by atoms with van der Waals surface area (Å²) >= 11 is 0. The Bertz CT molecular complexity index is 583. The third-order valence-corrected chi connectivity index (χ3v) is 2.27. The van der Waals surface area contributed by atoms with Crippen molar-refractivity contribution in [3.63, 3.8) is 0 Å². The molecule has 5 nitrogen and oxygen atoms in total. The molecule has 1 amide bonds. The van der Waals surface area contributed by atoms with Crippen LogP contribution >= 0.6 is 0 Å². The monoisotopic (exact) mass is 226 g/mol. The summed E-state index contributed by atoms with van der Waals surface area (Å²) in [6.07, 6.45) is 3.43. The highest BCUT2D eigenvalue weighted by molar-refractivity contribution is 6.04. The number of nitriles is 1. The minimum absolute atomic E-state index is 0.230. The first-order valence-corrected chi connectivity index (χ1v) is 5.18. The molecule has 1 aromatic heterocycles. The first-order valence-electron chi connectivity index (χ1n) is 5.18. The van der Waals surface area contributed by atoms with E-state index in [1.54, 1.807) is 30.6 Å². The van der Waals surface area contributed by atoms with E-state index in [0.717, 1.165) is 0 Å². The highest BCUT2D eigenvalue weighted by atomic mass is 16.1. The average molecular weight is 226 g/mol. The Kier molecular flexibility index (Phi) is 3.26. The van der Waals surface area contributed by atoms with Crippen molar-refractivity contribution in [1.29, 1.82) is 5.26 Å². The molecule has 2 aromatic rings. The smallest absolute Gasteiger partial charge is 0.253 e. The van der Waals surface area contributed by atoms with Crippen molar-refractivity contribution >= 4 is 16.9 Å². The number of nitrogens with one attached hydrogen (secondary N) is 1. The summed E-state index contributed by atoms with van der Waals surface area (Å²) in [7, 11) is 0. The summed E-state index contributed by atoms with van der Waals surface area (Å²) < 4.78 is 0. The first-order chi connectivity index (χ1) is 8.33. The lowest BCUT2D eigenvalue weighted by molar-refractivity contribution is 0.0956. The fourth-order valence-corrected chi connectivity index (χ4v) is 1.50. The van der Waals surface area contributed by atoms with Gasteiger partial charge in [0.25, 0.3) is 5.91 Å². The van der Waals surface area contributed by atoms with Crippen LogP contribution in [0.5, 0.6) is 0 Å². The Morgan fingerprint density at radius 3 is 3.00 bits per heavy atom. The Hall–Kier alpha value is -2.48. The molecule has 5 heteroatoms. The summed E-state index contributed by atoms with van der Waals surface area (Å²) in [6.45, 7) is 0.339. The number of carbonyl (C=O) groups excluding carboxylic acids is 1. The number of fused-ring (bicyclic) bond motifs is 1. The van der Waals surface area contributed by atoms with Gasteiger partial charge in [-0.15, -0.1) is 0 Å². The van der Waals surface area contributed by atoms with Gasteiger partial charge in [-0.25, -0.2) is 0 Å². The molecule has 0 saturated heterocycles. The van der Waals surface area contributed by atoms with Gasteiger partial charge in [0.2, 0.25) is 0 Å². The minimum Gasteiger partial charge on any atom is -0.351 e. The standard InChI is InChI=1S/C12H10N4O/c13-5-2-6-16-12(17)9-3-1-4-10-11(9)15-8-7-14-10/h1,3-4,7-8H,2,6H2,(H,16,17). The Morgan fingerprint density at radius 1 is 1.35 bits per heavy atom. The van der Waals surface area contributed by atoms with Gasteiger partial charge in [-0.2, -0.15) is 5.26 Å². The van der Waals surface area contributed by atoms with E-state index in [1.807, 2.05) is 6.07 Å². The zero-order valence-electron chi connectivity index (χ0n) is 9.05. The van der Waals surface area contributed by atoms with Crippen LogP contribution < -0.4 is 5.32 Å². The van der Waals surface area contributed by atoms with E-state index < -0.39 is 0 Å². The van der Waals surface area contributed by atoms with Crippen LogP contribution in [0.25, 0.3) is 11.0 Å². The number of aromatic nitrogens is 2. The maximum absolute atomic E-state index is 11.8. The highest BCUT2D eigenvalue weighted by Crippen LogP contribution is 2.13. The third kappa shape index (κ3) is 2.37. The molecule has 0 aliphatic rings. The molecule has 17 heavy (non-hydrogen) atoms. The number of amides is 1. The second kappa shape index (κ2) is 5.03. The van der Waals surface area contributed by atoms with Gasteiger partial charge in [0, 0.05) is 18.9 Å². The zero-order chi connectivity index (χ0) is 12.1. The molecule has 2 rings (SSSR count). The van der Waals surface area contributed by atoms with Crippen LogP contribution in [0.4, 0.5) is 0 Å². The lowest BCUT2D eigenvalue weighted by Gasteiger charge is -2.05. The summed E-state index contributed by atoms with van der Waals surface area (Å²) in [5, 5.41) is 11.1. The van der Waals surface area contributed by atoms with Crippen LogP contribution in [-0.4, -0.2) is 22.4 Å². The van der Waals surface area contributed by atoms with Crippen LogP contribution in [0.2, 0.25) is 0 Å². The summed E-state index contributed by atoms with van der Waals surface area (Å²) in [6, 6.07) is 7.22. The molecule has 0 saturated carbocycles. The second-order valence-electron chi connectivity index (χ2n) is 3.39. The van der Waals surface area contributed by atoms with Gasteiger partial charge >= 0.3 is 0 Å². The summed E-state index contributed by atoms with van der Waals surface area (Å²) in [5.74, 6) is -0.230. The Labute approximate surface area is 98.1 Å². The molecule has 84 valence electrons. The molecule has 1 heterocycles. The molecule has 0 spiro atoms. The maximum atomic E-state index is 11.8. The normalized spacial score (nSPS) is 9.82. The topological polar surface area (TPSA) is 78.7 Å². The fourth-order valence-electron chi connectivity index (χ4n) is 1.50. The van der Waals surface area contributed by atoms with E-state index in [2.05, 4.69) is 15.3 Å². The van der Waals surface area contributed by atoms with Crippen LogP contribution in [-0.2, 0) is 0 Å². The number of nitrogens with zero attached hydrogens (tertiary/aromatic N) is 3. The number of benzene rings is 1. The van der Waals surface area contributed by atoms with Crippen LogP contribution in [0.3, 0.4) is 0 Å². The third-order valence-electron chi connectivity index (χ3n) is 2.27. The summed E-state index contributed by atoms with van der Waals surface area (Å²) in [4.78, 5) is 20.1. The van der Waals surface area contributed by atoms with Crippen LogP contribution in [0.1, 0.15) is 16.8 Å². The van der Waals surface area contributed by atoms with Gasteiger partial charge in [-0.05, 0) is 12.1 Å². The van der Waals surface area contributed by atoms with Crippen molar-refractivity contribution in [2.45, 2.75) is 6.42 Å². The highest BCUT2D eigenvalue weighted by Gasteiger charge is 2.10. The van der Waals surface area contributed by atoms with Crippen LogP contribution in [0, 0.1) is 11.3 Å². The van der Waals surface area contributed by atoms with E-state index in [1.165, 1.54) is 0 Å². The van der Waals surface area contributed by atoms with Gasteiger partial charge in [-0.3, -0.25) is 14.8 Å². The van der Waals surface area contributed by atoms with Gasteiger partial charge < -0.3 is 5.32 Å². The molecule has 0 unspecified atom stereocenters. The molecule has 0 atom stereocenters. The number of rotatable bonds is 3. The zero-order valence-corrected chi connectivity index (χ0v) is 9.05. The molecule has 0 bridgehead atoms. The lowest BCUT2D eigenvalue weighted by atomic mass is 10.1. The van der Waals surface area contributed by atoms with Gasteiger partial charge in [0.1, 0.15) is 5.52 Å². The molecular weight excluding hydrogens is 216 g/mol. The molecule has 0 radical (unpaired) electrons. The number of hydrogen-bond acceptors (Lipinski definition) is 4. The van der Waals surface area contributed by atoms with E-state index in [-0.39, 0.29) is 5.91 Å². The molecule has 1 N–H and O–H groups in total. The SMILES string of the molecule is N#CCCNC(=O)c1cccc2nccnc12. The maximum Gasteiger partial charge on any atom is 0.253 e. The first kappa shape index (κ1) is 11.0. The van der Waals surface area contributed by atoms with Crippen molar-refractivity contribution in [3.8, 4) is 6.07 Å². The van der Waals surface area contributed by atoms with Gasteiger partial charge in [0.15, 0.2) is 0 Å². The lowest BCUT2D eigenvalue weighted by Crippen LogP contribution is -2.24. The van der Waals surface area contributed by atoms with Crippen LogP contribution in [0.15, 0.2) is 30.6 Å². The molecular formula is C12H10N4O. The summed E-state index contributed by atoms with van der Waals surface area (Å²) in [5.41, 5.74) is 1.73. The number of hydrogen-bond donors (Lipinski definition) is 1. The number of para-hydroxylation sites is 1. The van der Waals surface area contributed by atoms with E-state index in [0.29, 0.717) is 29.6 Å². The average Bonchev–Trinajstić information content (AvgIpc) is 2.38. The predicted molar refractivity (Wildman–Crippen MR) is 62.1 cm³/mol. The molecule has 0 aliphatic heterocycles. The van der Waals surface area contributed by atoms with Crippen molar-refractivity contribution in [3.05, 3.63) is 36.2 Å². The van der Waals surface area contributed by atoms with E-state index in [9.17, 15) is 4.79 Å².